The third-order valence-electron chi connectivity index (χ3n) is 0. The predicted octanol–water partition coefficient (Wildman–Crippen LogP) is -2.01. The molecule has 8 heteroatoms. The second-order valence-electron chi connectivity index (χ2n) is 0.415. The van der Waals surface area contributed by atoms with E-state index >= 15 is 0 Å². The molecule has 0 aromatic rings. The SMILES string of the molecule is [Co].[KH].[Ni].[O]=[Mn](=[O])([OH])[OH]. The average molecular weight is 279 g/mol. The van der Waals surface area contributed by atoms with Crippen molar-refractivity contribution in [3.8, 4) is 0 Å². The summed E-state index contributed by atoms with van der Waals surface area (Å²) in [5.41, 5.74) is 0. The Kier molecular flexibility index (Phi) is 27.1. The van der Waals surface area contributed by atoms with Crippen LogP contribution in [0.1, 0.15) is 0 Å². The van der Waals surface area contributed by atoms with Crippen molar-refractivity contribution < 1.29 is 62.7 Å². The van der Waals surface area contributed by atoms with Crippen LogP contribution in [0.2, 0.25) is 0 Å². The molecule has 0 atom stereocenters. The molecule has 0 aromatic heterocycles. The molecule has 0 aromatic carbocycles. The van der Waals surface area contributed by atoms with Gasteiger partial charge in [0.2, 0.25) is 0 Å². The molecule has 0 rings (SSSR count). The molecule has 0 amide bonds. The van der Waals surface area contributed by atoms with Gasteiger partial charge in [-0.15, -0.1) is 0 Å². The summed E-state index contributed by atoms with van der Waals surface area (Å²) in [5, 5.41) is 0. The van der Waals surface area contributed by atoms with E-state index < -0.39 is 13.4 Å². The molecule has 0 saturated carbocycles. The summed E-state index contributed by atoms with van der Waals surface area (Å²) < 4.78 is 31.8. The minimum atomic E-state index is -5.12. The van der Waals surface area contributed by atoms with Gasteiger partial charge in [0.25, 0.3) is 0 Å². The van der Waals surface area contributed by atoms with Crippen LogP contribution in [0.4, 0.5) is 0 Å². The fraction of sp³-hybridized carbons (Fsp3) is 0. The van der Waals surface area contributed by atoms with E-state index in [1.807, 2.05) is 0 Å². The van der Waals surface area contributed by atoms with Crippen molar-refractivity contribution in [1.82, 2.24) is 0 Å². The zero-order chi connectivity index (χ0) is 4.50. The van der Waals surface area contributed by atoms with Gasteiger partial charge < -0.3 is 0 Å². The van der Waals surface area contributed by atoms with Gasteiger partial charge in [-0.25, -0.2) is 0 Å². The molecular formula is H3CoKMnNiO4. The van der Waals surface area contributed by atoms with Gasteiger partial charge in [0.1, 0.15) is 0 Å². The third kappa shape index (κ3) is 71.4. The quantitative estimate of drug-likeness (QED) is 0.502. The van der Waals surface area contributed by atoms with Crippen molar-refractivity contribution in [1.29, 1.82) is 0 Å². The molecule has 1 radical (unpaired) electrons. The van der Waals surface area contributed by atoms with E-state index in [4.69, 9.17) is 16.0 Å². The van der Waals surface area contributed by atoms with Gasteiger partial charge in [0.15, 0.2) is 0 Å². The fourth-order valence-electron chi connectivity index (χ4n) is 0. The zero-order valence-electron chi connectivity index (χ0n) is 2.74. The standard InChI is InChI=1S/Co.K.Mn.Ni.2H2O.2O.H/h;;;;2*1H2;;;/q;;+2;;;;;;/p-2. The normalized spacial score (nSPS) is 7.25. The van der Waals surface area contributed by atoms with Crippen LogP contribution in [0.15, 0.2) is 0 Å². The van der Waals surface area contributed by atoms with Crippen molar-refractivity contribution in [3.05, 3.63) is 0 Å². The minimum absolute atomic E-state index is 0. The van der Waals surface area contributed by atoms with Crippen molar-refractivity contribution in [2.75, 3.05) is 0 Å². The molecule has 0 aliphatic heterocycles. The summed E-state index contributed by atoms with van der Waals surface area (Å²) in [6.07, 6.45) is 0. The average Bonchev–Trinajstić information content (AvgIpc) is 0.722. The Morgan fingerprint density at radius 1 is 1.12 bits per heavy atom. The molecule has 4 nitrogen and oxygen atoms in total. The van der Waals surface area contributed by atoms with Crippen LogP contribution in [0.25, 0.3) is 0 Å². The number of hydrogen-bond acceptors (Lipinski definition) is 2. The first kappa shape index (κ1) is 22.4. The van der Waals surface area contributed by atoms with Gasteiger partial charge in [-0.2, -0.15) is 0 Å². The molecule has 54 valence electrons. The van der Waals surface area contributed by atoms with Gasteiger partial charge in [0.05, 0.1) is 0 Å². The van der Waals surface area contributed by atoms with Gasteiger partial charge in [0, 0.05) is 33.3 Å². The Morgan fingerprint density at radius 3 is 1.12 bits per heavy atom. The first-order valence-corrected chi connectivity index (χ1v) is 2.67. The predicted molar refractivity (Wildman–Crippen MR) is 13.0 cm³/mol. The van der Waals surface area contributed by atoms with Crippen molar-refractivity contribution in [3.63, 3.8) is 0 Å². The fourth-order valence-corrected chi connectivity index (χ4v) is 0. The van der Waals surface area contributed by atoms with Crippen molar-refractivity contribution >= 4 is 51.4 Å². The zero-order valence-corrected chi connectivity index (χ0v) is 5.95. The van der Waals surface area contributed by atoms with Crippen LogP contribution in [-0.2, 0) is 54.3 Å². The Labute approximate surface area is 112 Å². The molecule has 0 saturated heterocycles. The molecule has 0 unspecified atom stereocenters. The van der Waals surface area contributed by atoms with E-state index in [1.54, 1.807) is 0 Å². The molecule has 0 bridgehead atoms. The van der Waals surface area contributed by atoms with E-state index in [0.29, 0.717) is 0 Å². The van der Waals surface area contributed by atoms with Crippen molar-refractivity contribution in [2.45, 2.75) is 0 Å². The molecule has 8 heavy (non-hydrogen) atoms. The van der Waals surface area contributed by atoms with E-state index in [1.165, 1.54) is 0 Å². The van der Waals surface area contributed by atoms with Crippen LogP contribution in [0.3, 0.4) is 0 Å². The van der Waals surface area contributed by atoms with Crippen LogP contribution in [-0.4, -0.2) is 59.8 Å². The maximum absolute atomic E-state index is 8.80. The Hall–Kier alpha value is 2.68. The molecule has 0 heterocycles. The van der Waals surface area contributed by atoms with E-state index in [2.05, 4.69) is 0 Å². The second-order valence-corrected chi connectivity index (χ2v) is 1.71. The number of rotatable bonds is 0. The molecule has 0 aliphatic carbocycles. The summed E-state index contributed by atoms with van der Waals surface area (Å²) in [6, 6.07) is 0. The van der Waals surface area contributed by atoms with Gasteiger partial charge in [-0.3, -0.25) is 0 Å². The topological polar surface area (TPSA) is 74.6 Å². The maximum atomic E-state index is 8.80. The Morgan fingerprint density at radius 2 is 1.12 bits per heavy atom. The molecule has 0 aliphatic rings. The van der Waals surface area contributed by atoms with Crippen molar-refractivity contribution in [2.24, 2.45) is 0 Å². The number of hydrogen-bond donors (Lipinski definition) is 2. The van der Waals surface area contributed by atoms with E-state index in [9.17, 15) is 0 Å². The van der Waals surface area contributed by atoms with Gasteiger partial charge >= 0.3 is 80.8 Å². The molecule has 0 fully saturated rings. The van der Waals surface area contributed by atoms with Crippen LogP contribution in [0, 0.1) is 0 Å². The van der Waals surface area contributed by atoms with E-state index in [-0.39, 0.29) is 84.7 Å². The molecular weight excluding hydrogens is 276 g/mol. The summed E-state index contributed by atoms with van der Waals surface area (Å²) in [4.78, 5) is 0. The summed E-state index contributed by atoms with van der Waals surface area (Å²) in [6.45, 7) is 0. The second kappa shape index (κ2) is 9.68. The first-order valence-electron chi connectivity index (χ1n) is 0.647. The first-order chi connectivity index (χ1) is 2.00. The summed E-state index contributed by atoms with van der Waals surface area (Å²) in [7, 11) is 0. The van der Waals surface area contributed by atoms with Crippen LogP contribution >= 0.6 is 0 Å². The third-order valence-corrected chi connectivity index (χ3v) is 0. The van der Waals surface area contributed by atoms with Crippen LogP contribution in [0.5, 0.6) is 0 Å². The summed E-state index contributed by atoms with van der Waals surface area (Å²) in [5.74, 6) is 0. The van der Waals surface area contributed by atoms with E-state index in [0.717, 1.165) is 0 Å². The molecule has 0 spiro atoms. The monoisotopic (exact) mass is 278 g/mol. The summed E-state index contributed by atoms with van der Waals surface area (Å²) >= 11 is -5.12. The van der Waals surface area contributed by atoms with Crippen LogP contribution < -0.4 is 0 Å². The van der Waals surface area contributed by atoms with Gasteiger partial charge in [-0.05, 0) is 0 Å². The van der Waals surface area contributed by atoms with Gasteiger partial charge in [-0.1, -0.05) is 0 Å². The molecule has 2 N–H and O–H groups in total. The Bertz CT molecular complexity index is 99.2. The Balaban J connectivity index is -0.0000000267.